The van der Waals surface area contributed by atoms with Gasteiger partial charge < -0.3 is 15.4 Å². The smallest absolute Gasteiger partial charge is 0.275 e. The summed E-state index contributed by atoms with van der Waals surface area (Å²) in [6.07, 6.45) is 1.58. The van der Waals surface area contributed by atoms with Crippen molar-refractivity contribution in [3.63, 3.8) is 0 Å². The van der Waals surface area contributed by atoms with Crippen LogP contribution in [0.4, 0.5) is 17.2 Å². The van der Waals surface area contributed by atoms with Crippen molar-refractivity contribution in [2.45, 2.75) is 13.5 Å². The van der Waals surface area contributed by atoms with Gasteiger partial charge in [-0.05, 0) is 36.1 Å². The highest BCUT2D eigenvalue weighted by Crippen LogP contribution is 2.28. The van der Waals surface area contributed by atoms with Crippen LogP contribution in [0.1, 0.15) is 21.9 Å². The number of ether oxygens (including phenoxy) is 1. The van der Waals surface area contributed by atoms with Gasteiger partial charge in [0.1, 0.15) is 22.2 Å². The number of nitrogens with one attached hydrogen (secondary N) is 3. The van der Waals surface area contributed by atoms with Crippen molar-refractivity contribution < 1.29 is 9.53 Å². The molecule has 1 amide bonds. The molecule has 0 aliphatic carbocycles. The van der Waals surface area contributed by atoms with E-state index < -0.39 is 0 Å². The van der Waals surface area contributed by atoms with Crippen LogP contribution >= 0.6 is 11.3 Å². The Kier molecular flexibility index (Phi) is 5.80. The summed E-state index contributed by atoms with van der Waals surface area (Å²) in [7, 11) is 0. The van der Waals surface area contributed by atoms with E-state index in [1.807, 2.05) is 42.6 Å². The highest BCUT2D eigenvalue weighted by atomic mass is 32.1. The second-order valence-corrected chi connectivity index (χ2v) is 8.48. The fourth-order valence-electron chi connectivity index (χ4n) is 3.64. The predicted molar refractivity (Wildman–Crippen MR) is 125 cm³/mol. The van der Waals surface area contributed by atoms with Crippen LogP contribution in [0.15, 0.2) is 41.9 Å². The molecule has 4 heterocycles. The number of hydrogen-bond donors (Lipinski definition) is 3. The number of carbonyl (C=O) groups excluding carboxylic acids is 1. The monoisotopic (exact) mass is 449 g/mol. The van der Waals surface area contributed by atoms with E-state index in [0.717, 1.165) is 48.8 Å². The standard InChI is InChI=1S/C22H23N7O2S/c1-14-24-20(17-6-11-32-22(17)25-14)27-18-12-23-28-19(18)21(30)26-16-4-2-15(3-5-16)13-29-7-9-31-10-8-29/h2-6,11-12H,7-10,13H2,1H3,(H,23,28)(H,26,30)(H,24,25,27). The topological polar surface area (TPSA) is 108 Å². The van der Waals surface area contributed by atoms with Gasteiger partial charge >= 0.3 is 0 Å². The zero-order chi connectivity index (χ0) is 21.9. The SMILES string of the molecule is Cc1nc(Nc2cn[nH]c2C(=O)Nc2ccc(CN3CCOCC3)cc2)c2ccsc2n1. The van der Waals surface area contributed by atoms with Crippen molar-refractivity contribution in [3.05, 3.63) is 59.0 Å². The lowest BCUT2D eigenvalue weighted by atomic mass is 10.2. The molecule has 0 radical (unpaired) electrons. The highest BCUT2D eigenvalue weighted by Gasteiger charge is 2.17. The van der Waals surface area contributed by atoms with E-state index in [9.17, 15) is 4.79 Å². The molecule has 32 heavy (non-hydrogen) atoms. The molecule has 0 spiro atoms. The summed E-state index contributed by atoms with van der Waals surface area (Å²) in [5.74, 6) is 1.03. The number of hydrogen-bond acceptors (Lipinski definition) is 8. The van der Waals surface area contributed by atoms with Gasteiger partial charge in [-0.2, -0.15) is 5.10 Å². The predicted octanol–water partition coefficient (Wildman–Crippen LogP) is 3.55. The number of amides is 1. The van der Waals surface area contributed by atoms with Crippen molar-refractivity contribution in [1.82, 2.24) is 25.1 Å². The number of nitrogens with zero attached hydrogens (tertiary/aromatic N) is 4. The number of thiophene rings is 1. The molecule has 0 saturated carbocycles. The molecule has 1 aliphatic heterocycles. The first-order valence-corrected chi connectivity index (χ1v) is 11.3. The fraction of sp³-hybridized carbons (Fsp3) is 0.273. The number of aromatic nitrogens is 4. The molecule has 1 aliphatic rings. The number of carbonyl (C=O) groups is 1. The van der Waals surface area contributed by atoms with Crippen LogP contribution in [0.3, 0.4) is 0 Å². The van der Waals surface area contributed by atoms with Gasteiger partial charge in [0.25, 0.3) is 5.91 Å². The van der Waals surface area contributed by atoms with Gasteiger partial charge in [-0.15, -0.1) is 11.3 Å². The van der Waals surface area contributed by atoms with Crippen LogP contribution in [0.2, 0.25) is 0 Å². The molecule has 1 saturated heterocycles. The normalized spacial score (nSPS) is 14.5. The zero-order valence-corrected chi connectivity index (χ0v) is 18.4. The van der Waals surface area contributed by atoms with E-state index in [2.05, 4.69) is 35.7 Å². The maximum Gasteiger partial charge on any atom is 0.275 e. The number of morpholine rings is 1. The third-order valence-electron chi connectivity index (χ3n) is 5.28. The number of H-pyrrole nitrogens is 1. The summed E-state index contributed by atoms with van der Waals surface area (Å²) in [6, 6.07) is 9.86. The minimum absolute atomic E-state index is 0.279. The van der Waals surface area contributed by atoms with Gasteiger partial charge in [0.2, 0.25) is 0 Å². The minimum atomic E-state index is -0.279. The maximum atomic E-state index is 12.9. The molecule has 9 nitrogen and oxygen atoms in total. The van der Waals surface area contributed by atoms with Crippen molar-refractivity contribution in [1.29, 1.82) is 0 Å². The Hall–Kier alpha value is -3.34. The van der Waals surface area contributed by atoms with E-state index in [1.54, 1.807) is 17.5 Å². The molecule has 3 aromatic heterocycles. The van der Waals surface area contributed by atoms with Crippen molar-refractivity contribution >= 4 is 44.7 Å². The molecular weight excluding hydrogens is 426 g/mol. The van der Waals surface area contributed by atoms with Gasteiger partial charge in [0.15, 0.2) is 0 Å². The number of anilines is 3. The number of aromatic amines is 1. The Morgan fingerprint density at radius 1 is 1.19 bits per heavy atom. The Bertz CT molecular complexity index is 1230. The third-order valence-corrected chi connectivity index (χ3v) is 6.08. The molecule has 1 fully saturated rings. The molecule has 0 bridgehead atoms. The molecule has 164 valence electrons. The lowest BCUT2D eigenvalue weighted by molar-refractivity contribution is 0.0342. The van der Waals surface area contributed by atoms with E-state index in [1.165, 1.54) is 5.56 Å². The van der Waals surface area contributed by atoms with Crippen LogP contribution < -0.4 is 10.6 Å². The highest BCUT2D eigenvalue weighted by molar-refractivity contribution is 7.16. The first-order chi connectivity index (χ1) is 15.7. The molecule has 3 N–H and O–H groups in total. The quantitative estimate of drug-likeness (QED) is 0.413. The van der Waals surface area contributed by atoms with Gasteiger partial charge in [-0.1, -0.05) is 12.1 Å². The van der Waals surface area contributed by atoms with Crippen LogP contribution in [0.5, 0.6) is 0 Å². The Morgan fingerprint density at radius 2 is 2.00 bits per heavy atom. The largest absolute Gasteiger partial charge is 0.379 e. The second kappa shape index (κ2) is 9.03. The maximum absolute atomic E-state index is 12.9. The van der Waals surface area contributed by atoms with Gasteiger partial charge in [-0.25, -0.2) is 9.97 Å². The minimum Gasteiger partial charge on any atom is -0.379 e. The summed E-state index contributed by atoms with van der Waals surface area (Å²) < 4.78 is 5.40. The number of fused-ring (bicyclic) bond motifs is 1. The van der Waals surface area contributed by atoms with Crippen LogP contribution in [0, 0.1) is 6.92 Å². The van der Waals surface area contributed by atoms with Gasteiger partial charge in [0, 0.05) is 25.3 Å². The van der Waals surface area contributed by atoms with Crippen LogP contribution in [0.25, 0.3) is 10.2 Å². The number of benzene rings is 1. The summed E-state index contributed by atoms with van der Waals surface area (Å²) in [5, 5.41) is 15.9. The Balaban J connectivity index is 1.27. The Morgan fingerprint density at radius 3 is 2.81 bits per heavy atom. The third kappa shape index (κ3) is 4.47. The molecule has 0 atom stereocenters. The average molecular weight is 450 g/mol. The summed E-state index contributed by atoms with van der Waals surface area (Å²) in [4.78, 5) is 25.1. The fourth-order valence-corrected chi connectivity index (χ4v) is 4.45. The second-order valence-electron chi connectivity index (χ2n) is 7.58. The first kappa shape index (κ1) is 20.6. The molecule has 5 rings (SSSR count). The Labute approximate surface area is 188 Å². The average Bonchev–Trinajstić information content (AvgIpc) is 3.45. The molecule has 10 heteroatoms. The first-order valence-electron chi connectivity index (χ1n) is 10.4. The lowest BCUT2D eigenvalue weighted by Crippen LogP contribution is -2.35. The summed E-state index contributed by atoms with van der Waals surface area (Å²) in [5.41, 5.74) is 2.81. The van der Waals surface area contributed by atoms with Crippen molar-refractivity contribution in [2.24, 2.45) is 0 Å². The molecule has 1 aromatic carbocycles. The van der Waals surface area contributed by atoms with Crippen molar-refractivity contribution in [3.8, 4) is 0 Å². The molecule has 0 unspecified atom stereocenters. The summed E-state index contributed by atoms with van der Waals surface area (Å²) >= 11 is 1.55. The molecular formula is C22H23N7O2S. The van der Waals surface area contributed by atoms with Gasteiger partial charge in [-0.3, -0.25) is 14.8 Å². The number of aryl methyl sites for hydroxylation is 1. The van der Waals surface area contributed by atoms with Crippen molar-refractivity contribution in [2.75, 3.05) is 36.9 Å². The van der Waals surface area contributed by atoms with E-state index in [0.29, 0.717) is 23.0 Å². The van der Waals surface area contributed by atoms with E-state index in [-0.39, 0.29) is 5.91 Å². The van der Waals surface area contributed by atoms with Crippen LogP contribution in [-0.4, -0.2) is 57.3 Å². The molecule has 4 aromatic rings. The lowest BCUT2D eigenvalue weighted by Gasteiger charge is -2.26. The van der Waals surface area contributed by atoms with Crippen LogP contribution in [-0.2, 0) is 11.3 Å². The van der Waals surface area contributed by atoms with E-state index in [4.69, 9.17) is 4.74 Å². The zero-order valence-electron chi connectivity index (χ0n) is 17.6. The summed E-state index contributed by atoms with van der Waals surface area (Å²) in [6.45, 7) is 6.16. The van der Waals surface area contributed by atoms with E-state index >= 15 is 0 Å². The number of rotatable bonds is 6. The van der Waals surface area contributed by atoms with Gasteiger partial charge in [0.05, 0.1) is 30.5 Å².